The molecule has 0 saturated carbocycles. The second-order valence-corrected chi connectivity index (χ2v) is 4.20. The number of nitrogens with one attached hydrogen (secondary N) is 1. The molecule has 0 heterocycles. The second-order valence-electron chi connectivity index (χ2n) is 3.79. The van der Waals surface area contributed by atoms with E-state index in [4.69, 9.17) is 16.9 Å². The highest BCUT2D eigenvalue weighted by atomic mass is 35.5. The Bertz CT molecular complexity index is 605. The quantitative estimate of drug-likeness (QED) is 0.907. The van der Waals surface area contributed by atoms with E-state index in [2.05, 4.69) is 5.32 Å². The number of hydrogen-bond acceptors (Lipinski definition) is 2. The molecule has 18 heavy (non-hydrogen) atoms. The summed E-state index contributed by atoms with van der Waals surface area (Å²) in [6.45, 7) is 0.451. The lowest BCUT2D eigenvalue weighted by atomic mass is 10.2. The molecule has 2 aromatic rings. The van der Waals surface area contributed by atoms with Crippen LogP contribution in [0.2, 0.25) is 5.02 Å². The highest BCUT2D eigenvalue weighted by molar-refractivity contribution is 6.33. The van der Waals surface area contributed by atoms with Gasteiger partial charge in [0.25, 0.3) is 0 Å². The Morgan fingerprint density at radius 1 is 1.22 bits per heavy atom. The van der Waals surface area contributed by atoms with Gasteiger partial charge in [-0.2, -0.15) is 5.26 Å². The predicted octanol–water partition coefficient (Wildman–Crippen LogP) is 3.96. The summed E-state index contributed by atoms with van der Waals surface area (Å²) < 4.78 is 13.0. The zero-order chi connectivity index (χ0) is 13.0. The van der Waals surface area contributed by atoms with Crippen LogP contribution in [0.3, 0.4) is 0 Å². The Kier molecular flexibility index (Phi) is 3.81. The van der Waals surface area contributed by atoms with Crippen molar-refractivity contribution >= 4 is 17.3 Å². The summed E-state index contributed by atoms with van der Waals surface area (Å²) in [6.07, 6.45) is 0. The van der Waals surface area contributed by atoms with Crippen LogP contribution in [0.15, 0.2) is 42.5 Å². The van der Waals surface area contributed by atoms with Gasteiger partial charge in [-0.1, -0.05) is 23.7 Å². The normalized spacial score (nSPS) is 9.83. The van der Waals surface area contributed by atoms with Crippen molar-refractivity contribution in [2.45, 2.75) is 6.54 Å². The molecule has 1 N–H and O–H groups in total. The maximum Gasteiger partial charge on any atom is 0.123 e. The van der Waals surface area contributed by atoms with E-state index < -0.39 is 0 Å². The first-order valence-electron chi connectivity index (χ1n) is 5.37. The first kappa shape index (κ1) is 12.4. The Morgan fingerprint density at radius 3 is 2.78 bits per heavy atom. The molecule has 2 nitrogen and oxygen atoms in total. The largest absolute Gasteiger partial charge is 0.380 e. The number of nitrogens with zero attached hydrogens (tertiary/aromatic N) is 1. The molecule has 0 atom stereocenters. The lowest BCUT2D eigenvalue weighted by Crippen LogP contribution is -2.00. The van der Waals surface area contributed by atoms with Crippen molar-refractivity contribution in [3.05, 3.63) is 64.4 Å². The van der Waals surface area contributed by atoms with Gasteiger partial charge in [-0.15, -0.1) is 0 Å². The van der Waals surface area contributed by atoms with Gasteiger partial charge in [-0.3, -0.25) is 0 Å². The molecule has 0 bridgehead atoms. The van der Waals surface area contributed by atoms with Crippen LogP contribution in [-0.4, -0.2) is 0 Å². The molecule has 90 valence electrons. The van der Waals surface area contributed by atoms with Gasteiger partial charge in [0.2, 0.25) is 0 Å². The molecule has 0 aliphatic rings. The van der Waals surface area contributed by atoms with E-state index >= 15 is 0 Å². The van der Waals surface area contributed by atoms with Crippen molar-refractivity contribution in [2.24, 2.45) is 0 Å². The molecule has 2 rings (SSSR count). The van der Waals surface area contributed by atoms with Crippen molar-refractivity contribution in [1.82, 2.24) is 0 Å². The minimum absolute atomic E-state index is 0.272. The summed E-state index contributed by atoms with van der Waals surface area (Å²) >= 11 is 6.00. The molecule has 0 saturated heterocycles. The fourth-order valence-corrected chi connectivity index (χ4v) is 1.76. The molecule has 0 aliphatic heterocycles. The first-order chi connectivity index (χ1) is 8.69. The fraction of sp³-hybridized carbons (Fsp3) is 0.0714. The van der Waals surface area contributed by atoms with Crippen molar-refractivity contribution < 1.29 is 4.39 Å². The third-order valence-corrected chi connectivity index (χ3v) is 2.80. The van der Waals surface area contributed by atoms with E-state index in [1.54, 1.807) is 24.3 Å². The standard InChI is InChI=1S/C14H10ClFN2/c15-13-5-4-10(8-17)7-14(13)18-9-11-2-1-3-12(16)6-11/h1-7,18H,9H2. The van der Waals surface area contributed by atoms with Gasteiger partial charge in [0.15, 0.2) is 0 Å². The average Bonchev–Trinajstić information content (AvgIpc) is 2.38. The van der Waals surface area contributed by atoms with Crippen LogP contribution < -0.4 is 5.32 Å². The third-order valence-electron chi connectivity index (χ3n) is 2.47. The molecule has 2 aromatic carbocycles. The zero-order valence-corrected chi connectivity index (χ0v) is 10.2. The highest BCUT2D eigenvalue weighted by Gasteiger charge is 2.02. The zero-order valence-electron chi connectivity index (χ0n) is 9.45. The molecule has 0 aliphatic carbocycles. The van der Waals surface area contributed by atoms with Gasteiger partial charge < -0.3 is 5.32 Å². The molecule has 0 unspecified atom stereocenters. The van der Waals surface area contributed by atoms with Gasteiger partial charge in [0, 0.05) is 6.54 Å². The third kappa shape index (κ3) is 2.99. The molecular weight excluding hydrogens is 251 g/mol. The Hall–Kier alpha value is -2.05. The highest BCUT2D eigenvalue weighted by Crippen LogP contribution is 2.23. The molecule has 0 spiro atoms. The summed E-state index contributed by atoms with van der Waals surface area (Å²) in [7, 11) is 0. The first-order valence-corrected chi connectivity index (χ1v) is 5.75. The van der Waals surface area contributed by atoms with Crippen LogP contribution >= 0.6 is 11.6 Å². The van der Waals surface area contributed by atoms with Crippen molar-refractivity contribution in [3.8, 4) is 6.07 Å². The van der Waals surface area contributed by atoms with Gasteiger partial charge >= 0.3 is 0 Å². The maximum absolute atomic E-state index is 13.0. The van der Waals surface area contributed by atoms with Gasteiger partial charge in [-0.05, 0) is 35.9 Å². The van der Waals surface area contributed by atoms with E-state index in [0.29, 0.717) is 22.8 Å². The molecule has 0 amide bonds. The van der Waals surface area contributed by atoms with Crippen LogP contribution in [-0.2, 0) is 6.54 Å². The monoisotopic (exact) mass is 260 g/mol. The molecule has 0 radical (unpaired) electrons. The van der Waals surface area contributed by atoms with Crippen molar-refractivity contribution in [3.63, 3.8) is 0 Å². The number of nitriles is 1. The Morgan fingerprint density at radius 2 is 2.06 bits per heavy atom. The summed E-state index contributed by atoms with van der Waals surface area (Å²) in [5.41, 5.74) is 2.01. The topological polar surface area (TPSA) is 35.8 Å². The summed E-state index contributed by atoms with van der Waals surface area (Å²) in [6, 6.07) is 13.3. The SMILES string of the molecule is N#Cc1ccc(Cl)c(NCc2cccc(F)c2)c1. The Labute approximate surface area is 110 Å². The summed E-state index contributed by atoms with van der Waals surface area (Å²) in [5, 5.41) is 12.4. The minimum Gasteiger partial charge on any atom is -0.380 e. The van der Waals surface area contributed by atoms with Crippen LogP contribution in [0.5, 0.6) is 0 Å². The molecule has 0 fully saturated rings. The van der Waals surface area contributed by atoms with Crippen LogP contribution in [0.4, 0.5) is 10.1 Å². The predicted molar refractivity (Wildman–Crippen MR) is 69.9 cm³/mol. The van der Waals surface area contributed by atoms with E-state index in [1.165, 1.54) is 12.1 Å². The van der Waals surface area contributed by atoms with Crippen LogP contribution in [0, 0.1) is 17.1 Å². The maximum atomic E-state index is 13.0. The van der Waals surface area contributed by atoms with E-state index in [1.807, 2.05) is 12.1 Å². The number of anilines is 1. The smallest absolute Gasteiger partial charge is 0.123 e. The Balaban J connectivity index is 2.13. The van der Waals surface area contributed by atoms with Crippen molar-refractivity contribution in [2.75, 3.05) is 5.32 Å². The number of halogens is 2. The van der Waals surface area contributed by atoms with Gasteiger partial charge in [0.05, 0.1) is 22.3 Å². The molecular formula is C14H10ClFN2. The number of rotatable bonds is 3. The van der Waals surface area contributed by atoms with Crippen LogP contribution in [0.25, 0.3) is 0 Å². The van der Waals surface area contributed by atoms with Crippen LogP contribution in [0.1, 0.15) is 11.1 Å². The second kappa shape index (κ2) is 5.52. The van der Waals surface area contributed by atoms with E-state index in [0.717, 1.165) is 5.56 Å². The lowest BCUT2D eigenvalue weighted by molar-refractivity contribution is 0.626. The number of hydrogen-bond donors (Lipinski definition) is 1. The van der Waals surface area contributed by atoms with E-state index in [-0.39, 0.29) is 5.82 Å². The fourth-order valence-electron chi connectivity index (χ4n) is 1.57. The number of benzene rings is 2. The molecule has 4 heteroatoms. The summed E-state index contributed by atoms with van der Waals surface area (Å²) in [5.74, 6) is -0.272. The minimum atomic E-state index is -0.272. The van der Waals surface area contributed by atoms with Crippen molar-refractivity contribution in [1.29, 1.82) is 5.26 Å². The van der Waals surface area contributed by atoms with Gasteiger partial charge in [-0.25, -0.2) is 4.39 Å². The van der Waals surface area contributed by atoms with E-state index in [9.17, 15) is 4.39 Å². The molecule has 0 aromatic heterocycles. The summed E-state index contributed by atoms with van der Waals surface area (Å²) in [4.78, 5) is 0. The average molecular weight is 261 g/mol. The van der Waals surface area contributed by atoms with Gasteiger partial charge in [0.1, 0.15) is 5.82 Å². The lowest BCUT2D eigenvalue weighted by Gasteiger charge is -2.08.